The first-order valence-electron chi connectivity index (χ1n) is 10.3. The molecule has 4 rings (SSSR count). The summed E-state index contributed by atoms with van der Waals surface area (Å²) in [7, 11) is -3.48. The van der Waals surface area contributed by atoms with Crippen LogP contribution in [-0.2, 0) is 10.0 Å². The van der Waals surface area contributed by atoms with Crippen LogP contribution in [0.25, 0.3) is 17.0 Å². The molecule has 1 aliphatic heterocycles. The fraction of sp³-hybridized carbons (Fsp3) is 0.500. The number of fused-ring (bicyclic) bond motifs is 1. The lowest BCUT2D eigenvalue weighted by molar-refractivity contribution is 0.0580. The third-order valence-electron chi connectivity index (χ3n) is 6.07. The smallest absolute Gasteiger partial charge is 0.282 e. The highest BCUT2D eigenvalue weighted by Gasteiger charge is 2.44. The van der Waals surface area contributed by atoms with Gasteiger partial charge < -0.3 is 4.90 Å². The first-order valence-corrected chi connectivity index (χ1v) is 12.2. The van der Waals surface area contributed by atoms with Crippen molar-refractivity contribution >= 4 is 21.5 Å². The van der Waals surface area contributed by atoms with Crippen LogP contribution in [0.3, 0.4) is 0 Å². The first kappa shape index (κ1) is 23.4. The second-order valence-corrected chi connectivity index (χ2v) is 10.3. The number of alkyl halides is 3. The number of nitrogens with one attached hydrogen (secondary N) is 1. The fourth-order valence-corrected chi connectivity index (χ4v) is 4.70. The highest BCUT2D eigenvalue weighted by Crippen LogP contribution is 2.38. The van der Waals surface area contributed by atoms with Gasteiger partial charge in [-0.15, -0.1) is 0 Å². The van der Waals surface area contributed by atoms with Crippen molar-refractivity contribution in [3.8, 4) is 11.4 Å². The average Bonchev–Trinajstić information content (AvgIpc) is 3.16. The van der Waals surface area contributed by atoms with Crippen LogP contribution in [0, 0.1) is 5.92 Å². The largest absolute Gasteiger partial charge is 0.353 e. The van der Waals surface area contributed by atoms with Gasteiger partial charge in [-0.2, -0.15) is 5.10 Å². The van der Waals surface area contributed by atoms with Gasteiger partial charge in [-0.05, 0) is 32.4 Å². The summed E-state index contributed by atoms with van der Waals surface area (Å²) in [6.45, 7) is 3.61. The molecule has 0 aliphatic carbocycles. The van der Waals surface area contributed by atoms with E-state index in [9.17, 15) is 17.2 Å². The van der Waals surface area contributed by atoms with Gasteiger partial charge in [0, 0.05) is 31.1 Å². The second-order valence-electron chi connectivity index (χ2n) is 8.42. The molecule has 3 unspecified atom stereocenters. The summed E-state index contributed by atoms with van der Waals surface area (Å²) in [5, 5.41) is 3.96. The molecule has 0 amide bonds. The molecule has 178 valence electrons. The van der Waals surface area contributed by atoms with Crippen LogP contribution in [0.5, 0.6) is 0 Å². The summed E-state index contributed by atoms with van der Waals surface area (Å²) in [5.41, 5.74) is -0.740. The van der Waals surface area contributed by atoms with Crippen molar-refractivity contribution in [1.82, 2.24) is 29.3 Å². The Labute approximate surface area is 189 Å². The molecule has 1 fully saturated rings. The van der Waals surface area contributed by atoms with E-state index in [1.807, 2.05) is 11.8 Å². The molecular formula is C20H24F3N7O2S. The lowest BCUT2D eigenvalue weighted by Gasteiger charge is -2.46. The number of hydrogen-bond acceptors (Lipinski definition) is 7. The van der Waals surface area contributed by atoms with Crippen LogP contribution in [0.4, 0.5) is 19.0 Å². The molecule has 13 heteroatoms. The maximum absolute atomic E-state index is 15.3. The first-order chi connectivity index (χ1) is 15.5. The number of anilines is 1. The van der Waals surface area contributed by atoms with Gasteiger partial charge in [-0.25, -0.2) is 45.8 Å². The molecule has 1 saturated heterocycles. The van der Waals surface area contributed by atoms with Crippen LogP contribution in [0.15, 0.2) is 30.7 Å². The monoisotopic (exact) mass is 483 g/mol. The maximum Gasteiger partial charge on any atom is 0.282 e. The standard InChI is InChI=1S/C20H24F3N7O2S/c1-12-13(9-27-33(3,31)32)20(2,23)6-7-29(12)18-8-15(25-11-26-18)16-10-24-17-5-4-14(19(21)22)28-30(16)17/h4-5,8,10-13,19,27H,6-7,9H2,1-3H3. The average molecular weight is 484 g/mol. The van der Waals surface area contributed by atoms with E-state index in [4.69, 9.17) is 0 Å². The summed E-state index contributed by atoms with van der Waals surface area (Å²) >= 11 is 0. The van der Waals surface area contributed by atoms with E-state index < -0.39 is 28.0 Å². The summed E-state index contributed by atoms with van der Waals surface area (Å²) in [6, 6.07) is 3.96. The second kappa shape index (κ2) is 8.52. The molecule has 0 aromatic carbocycles. The number of rotatable bonds is 6. The van der Waals surface area contributed by atoms with Gasteiger partial charge in [0.05, 0.1) is 18.1 Å². The predicted molar refractivity (Wildman–Crippen MR) is 116 cm³/mol. The lowest BCUT2D eigenvalue weighted by Crippen LogP contribution is -2.57. The normalized spacial score (nSPS) is 24.0. The van der Waals surface area contributed by atoms with Crippen LogP contribution in [-0.4, -0.2) is 64.0 Å². The quantitative estimate of drug-likeness (QED) is 0.575. The number of sulfonamides is 1. The van der Waals surface area contributed by atoms with E-state index in [1.165, 1.54) is 36.1 Å². The van der Waals surface area contributed by atoms with Gasteiger partial charge in [0.25, 0.3) is 6.43 Å². The molecule has 4 heterocycles. The molecule has 0 saturated carbocycles. The number of halogens is 3. The highest BCUT2D eigenvalue weighted by molar-refractivity contribution is 7.88. The molecule has 0 bridgehead atoms. The molecule has 1 N–H and O–H groups in total. The third kappa shape index (κ3) is 4.78. The van der Waals surface area contributed by atoms with E-state index in [2.05, 4.69) is 24.8 Å². The zero-order chi connectivity index (χ0) is 24.0. The van der Waals surface area contributed by atoms with Crippen LogP contribution in [0.2, 0.25) is 0 Å². The van der Waals surface area contributed by atoms with Crippen LogP contribution < -0.4 is 9.62 Å². The van der Waals surface area contributed by atoms with Crippen molar-refractivity contribution in [2.45, 2.75) is 38.4 Å². The van der Waals surface area contributed by atoms with Crippen LogP contribution in [0.1, 0.15) is 32.4 Å². The Morgan fingerprint density at radius 2 is 2.03 bits per heavy atom. The Kier molecular flexibility index (Phi) is 6.03. The van der Waals surface area contributed by atoms with Gasteiger partial charge in [-0.1, -0.05) is 0 Å². The van der Waals surface area contributed by atoms with Crippen molar-refractivity contribution in [1.29, 1.82) is 0 Å². The van der Waals surface area contributed by atoms with E-state index >= 15 is 4.39 Å². The number of imidazole rings is 1. The molecule has 0 spiro atoms. The van der Waals surface area contributed by atoms with Crippen LogP contribution >= 0.6 is 0 Å². The molecule has 33 heavy (non-hydrogen) atoms. The van der Waals surface area contributed by atoms with E-state index in [0.717, 1.165) is 6.26 Å². The van der Waals surface area contributed by atoms with Crippen molar-refractivity contribution in [3.63, 3.8) is 0 Å². The Balaban J connectivity index is 1.66. The van der Waals surface area contributed by atoms with Gasteiger partial charge in [-0.3, -0.25) is 0 Å². The topological polar surface area (TPSA) is 105 Å². The van der Waals surface area contributed by atoms with E-state index in [1.54, 1.807) is 6.07 Å². The van der Waals surface area contributed by atoms with Crippen molar-refractivity contribution in [2.24, 2.45) is 5.92 Å². The third-order valence-corrected chi connectivity index (χ3v) is 6.76. The summed E-state index contributed by atoms with van der Waals surface area (Å²) in [5.74, 6) is -0.113. The molecule has 3 aromatic rings. The predicted octanol–water partition coefficient (Wildman–Crippen LogP) is 2.62. The van der Waals surface area contributed by atoms with Crippen molar-refractivity contribution in [3.05, 3.63) is 36.4 Å². The van der Waals surface area contributed by atoms with Crippen molar-refractivity contribution < 1.29 is 21.6 Å². The van der Waals surface area contributed by atoms with E-state index in [-0.39, 0.29) is 24.7 Å². The minimum Gasteiger partial charge on any atom is -0.353 e. The fourth-order valence-electron chi connectivity index (χ4n) is 4.22. The molecule has 9 nitrogen and oxygen atoms in total. The number of piperidine rings is 1. The molecule has 0 radical (unpaired) electrons. The molecule has 3 aromatic heterocycles. The Bertz CT molecular complexity index is 1270. The highest BCUT2D eigenvalue weighted by atomic mass is 32.2. The van der Waals surface area contributed by atoms with Gasteiger partial charge in [0.2, 0.25) is 10.0 Å². The number of nitrogens with zero attached hydrogens (tertiary/aromatic N) is 6. The maximum atomic E-state index is 15.3. The minimum atomic E-state index is -3.48. The lowest BCUT2D eigenvalue weighted by atomic mass is 9.79. The Hall–Kier alpha value is -2.80. The number of hydrogen-bond donors (Lipinski definition) is 1. The summed E-state index contributed by atoms with van der Waals surface area (Å²) < 4.78 is 68.3. The van der Waals surface area contributed by atoms with Gasteiger partial charge in [0.1, 0.15) is 29.2 Å². The zero-order valence-corrected chi connectivity index (χ0v) is 19.1. The van der Waals surface area contributed by atoms with Crippen molar-refractivity contribution in [2.75, 3.05) is 24.2 Å². The molecular weight excluding hydrogens is 459 g/mol. The summed E-state index contributed by atoms with van der Waals surface area (Å²) in [4.78, 5) is 14.7. The van der Waals surface area contributed by atoms with E-state index in [0.29, 0.717) is 29.4 Å². The Morgan fingerprint density at radius 3 is 2.73 bits per heavy atom. The Morgan fingerprint density at radius 1 is 1.27 bits per heavy atom. The number of aromatic nitrogens is 5. The van der Waals surface area contributed by atoms with Gasteiger partial charge >= 0.3 is 0 Å². The molecule has 3 atom stereocenters. The SMILES string of the molecule is CC1C(CNS(C)(=O)=O)C(C)(F)CCN1c1cc(-c2cnc3ccc(C(F)F)nn23)ncn1. The molecule has 1 aliphatic rings. The van der Waals surface area contributed by atoms with Gasteiger partial charge in [0.15, 0.2) is 5.65 Å². The summed E-state index contributed by atoms with van der Waals surface area (Å²) in [6.07, 6.45) is 1.31. The minimum absolute atomic E-state index is 0.0466. The zero-order valence-electron chi connectivity index (χ0n) is 18.3.